The molecular formula is C12H10F7. The Morgan fingerprint density at radius 1 is 1.00 bits per heavy atom. The van der Waals surface area contributed by atoms with Crippen molar-refractivity contribution in [2.24, 2.45) is 0 Å². The predicted molar refractivity (Wildman–Crippen MR) is 55.0 cm³/mol. The zero-order valence-corrected chi connectivity index (χ0v) is 9.74. The number of alkyl halides is 7. The molecule has 1 rings (SSSR count). The SMILES string of the molecule is C[CH]Cc1cccc(C(F)(F)C(F)(F)C(F)(F)F)c1. The molecule has 7 heteroatoms. The maximum Gasteiger partial charge on any atom is 0.460 e. The smallest absolute Gasteiger partial charge is 0.194 e. The van der Waals surface area contributed by atoms with Crippen LogP contribution in [0.1, 0.15) is 18.1 Å². The summed E-state index contributed by atoms with van der Waals surface area (Å²) in [4.78, 5) is 0. The van der Waals surface area contributed by atoms with Gasteiger partial charge in [0.1, 0.15) is 0 Å². The topological polar surface area (TPSA) is 0 Å². The van der Waals surface area contributed by atoms with E-state index in [1.807, 2.05) is 0 Å². The maximum atomic E-state index is 13.4. The molecule has 1 aromatic carbocycles. The average Bonchev–Trinajstić information content (AvgIpc) is 2.28. The minimum atomic E-state index is -6.32. The molecule has 0 aliphatic heterocycles. The molecule has 0 nitrogen and oxygen atoms in total. The fourth-order valence-corrected chi connectivity index (χ4v) is 1.49. The van der Waals surface area contributed by atoms with Crippen molar-refractivity contribution in [3.05, 3.63) is 41.8 Å². The molecule has 0 saturated carbocycles. The van der Waals surface area contributed by atoms with Crippen molar-refractivity contribution in [1.29, 1.82) is 0 Å². The van der Waals surface area contributed by atoms with Gasteiger partial charge in [0.15, 0.2) is 0 Å². The minimum Gasteiger partial charge on any atom is -0.194 e. The van der Waals surface area contributed by atoms with Crippen LogP contribution in [0.5, 0.6) is 0 Å². The first kappa shape index (κ1) is 15.8. The van der Waals surface area contributed by atoms with Crippen molar-refractivity contribution >= 4 is 0 Å². The lowest BCUT2D eigenvalue weighted by Crippen LogP contribution is -2.50. The van der Waals surface area contributed by atoms with E-state index in [9.17, 15) is 30.7 Å². The summed E-state index contributed by atoms with van der Waals surface area (Å²) in [6.07, 6.45) is -4.55. The third-order valence-corrected chi connectivity index (χ3v) is 2.48. The Kier molecular flexibility index (Phi) is 4.17. The highest BCUT2D eigenvalue weighted by Gasteiger charge is 2.73. The van der Waals surface area contributed by atoms with Crippen molar-refractivity contribution < 1.29 is 30.7 Å². The van der Waals surface area contributed by atoms with E-state index in [0.29, 0.717) is 12.1 Å². The van der Waals surface area contributed by atoms with Gasteiger partial charge in [0.25, 0.3) is 0 Å². The van der Waals surface area contributed by atoms with Crippen LogP contribution in [-0.4, -0.2) is 12.1 Å². The van der Waals surface area contributed by atoms with Crippen LogP contribution < -0.4 is 0 Å². The second kappa shape index (κ2) is 5.02. The van der Waals surface area contributed by atoms with Crippen LogP contribution in [0.15, 0.2) is 24.3 Å². The number of benzene rings is 1. The van der Waals surface area contributed by atoms with E-state index in [1.54, 1.807) is 13.3 Å². The molecular weight excluding hydrogens is 277 g/mol. The van der Waals surface area contributed by atoms with Crippen molar-refractivity contribution in [3.8, 4) is 0 Å². The van der Waals surface area contributed by atoms with E-state index >= 15 is 0 Å². The fraction of sp³-hybridized carbons (Fsp3) is 0.417. The third-order valence-electron chi connectivity index (χ3n) is 2.48. The van der Waals surface area contributed by atoms with Gasteiger partial charge in [-0.25, -0.2) is 0 Å². The van der Waals surface area contributed by atoms with Gasteiger partial charge < -0.3 is 0 Å². The van der Waals surface area contributed by atoms with Crippen molar-refractivity contribution in [2.45, 2.75) is 31.4 Å². The Hall–Kier alpha value is -1.27. The summed E-state index contributed by atoms with van der Waals surface area (Å²) in [6.45, 7) is 1.61. The summed E-state index contributed by atoms with van der Waals surface area (Å²) in [5.41, 5.74) is -1.12. The molecule has 0 atom stereocenters. The van der Waals surface area contributed by atoms with E-state index < -0.39 is 23.6 Å². The standard InChI is InChI=1S/C12H10F7/c1-2-4-8-5-3-6-9(7-8)10(13,14)11(15,16)12(17,18)19/h2-3,5-7H,4H2,1H3. The van der Waals surface area contributed by atoms with Crippen LogP contribution in [-0.2, 0) is 12.3 Å². The quantitative estimate of drug-likeness (QED) is 0.701. The number of rotatable bonds is 4. The molecule has 0 aromatic heterocycles. The lowest BCUT2D eigenvalue weighted by atomic mass is 9.98. The summed E-state index contributed by atoms with van der Waals surface area (Å²) in [5, 5.41) is 0. The van der Waals surface area contributed by atoms with Gasteiger partial charge in [-0.3, -0.25) is 0 Å². The van der Waals surface area contributed by atoms with E-state index in [-0.39, 0.29) is 12.0 Å². The van der Waals surface area contributed by atoms with Crippen LogP contribution in [0.25, 0.3) is 0 Å². The molecule has 0 bridgehead atoms. The molecule has 0 amide bonds. The van der Waals surface area contributed by atoms with Crippen LogP contribution in [0.2, 0.25) is 0 Å². The lowest BCUT2D eigenvalue weighted by Gasteiger charge is -2.28. The van der Waals surface area contributed by atoms with Gasteiger partial charge >= 0.3 is 18.0 Å². The molecule has 0 heterocycles. The Balaban J connectivity index is 3.23. The van der Waals surface area contributed by atoms with Crippen LogP contribution in [0, 0.1) is 6.42 Å². The number of halogens is 7. The van der Waals surface area contributed by atoms with Crippen molar-refractivity contribution in [3.63, 3.8) is 0 Å². The van der Waals surface area contributed by atoms with E-state index in [4.69, 9.17) is 0 Å². The zero-order valence-electron chi connectivity index (χ0n) is 9.74. The molecule has 0 spiro atoms. The van der Waals surface area contributed by atoms with Gasteiger partial charge in [-0.15, -0.1) is 0 Å². The van der Waals surface area contributed by atoms with Gasteiger partial charge in [0, 0.05) is 5.56 Å². The Morgan fingerprint density at radius 3 is 2.05 bits per heavy atom. The summed E-state index contributed by atoms with van der Waals surface area (Å²) in [7, 11) is 0. The second-order valence-electron chi connectivity index (χ2n) is 3.96. The van der Waals surface area contributed by atoms with Crippen LogP contribution in [0.3, 0.4) is 0 Å². The summed E-state index contributed by atoms with van der Waals surface area (Å²) in [6, 6.07) is 3.60. The monoisotopic (exact) mass is 287 g/mol. The van der Waals surface area contributed by atoms with E-state index in [2.05, 4.69) is 0 Å². The highest BCUT2D eigenvalue weighted by atomic mass is 19.4. The molecule has 0 unspecified atom stereocenters. The average molecular weight is 287 g/mol. The largest absolute Gasteiger partial charge is 0.460 e. The van der Waals surface area contributed by atoms with Gasteiger partial charge in [0.05, 0.1) is 0 Å². The summed E-state index contributed by atoms with van der Waals surface area (Å²) < 4.78 is 88.5. The molecule has 107 valence electrons. The maximum absolute atomic E-state index is 13.4. The Bertz CT molecular complexity index is 434. The second-order valence-corrected chi connectivity index (χ2v) is 3.96. The van der Waals surface area contributed by atoms with Gasteiger partial charge in [-0.05, 0) is 24.5 Å². The van der Waals surface area contributed by atoms with E-state index in [1.165, 1.54) is 6.07 Å². The highest BCUT2D eigenvalue weighted by Crippen LogP contribution is 2.51. The Morgan fingerprint density at radius 2 is 1.58 bits per heavy atom. The summed E-state index contributed by atoms with van der Waals surface area (Å²) in [5.74, 6) is -11.4. The minimum absolute atomic E-state index is 0.196. The van der Waals surface area contributed by atoms with Crippen LogP contribution in [0.4, 0.5) is 30.7 Å². The first-order valence-corrected chi connectivity index (χ1v) is 5.23. The van der Waals surface area contributed by atoms with Gasteiger partial charge in [-0.1, -0.05) is 25.1 Å². The molecule has 19 heavy (non-hydrogen) atoms. The molecule has 0 fully saturated rings. The first-order valence-electron chi connectivity index (χ1n) is 5.23. The normalized spacial score (nSPS) is 13.7. The van der Waals surface area contributed by atoms with E-state index in [0.717, 1.165) is 6.07 Å². The molecule has 1 radical (unpaired) electrons. The van der Waals surface area contributed by atoms with Crippen molar-refractivity contribution in [1.82, 2.24) is 0 Å². The molecule has 0 saturated heterocycles. The third kappa shape index (κ3) is 2.84. The fourth-order valence-electron chi connectivity index (χ4n) is 1.49. The molecule has 0 N–H and O–H groups in total. The van der Waals surface area contributed by atoms with Crippen LogP contribution >= 0.6 is 0 Å². The van der Waals surface area contributed by atoms with Gasteiger partial charge in [0.2, 0.25) is 0 Å². The molecule has 0 aliphatic carbocycles. The number of hydrogen-bond acceptors (Lipinski definition) is 0. The zero-order chi connectivity index (χ0) is 14.9. The first-order chi connectivity index (χ1) is 8.54. The highest BCUT2D eigenvalue weighted by molar-refractivity contribution is 5.29. The Labute approximate surface area is 105 Å². The predicted octanol–water partition coefficient (Wildman–Crippen LogP) is 4.74. The lowest BCUT2D eigenvalue weighted by molar-refractivity contribution is -0.359. The molecule has 0 aliphatic rings. The number of hydrogen-bond donors (Lipinski definition) is 0. The van der Waals surface area contributed by atoms with Gasteiger partial charge in [-0.2, -0.15) is 30.7 Å². The molecule has 1 aromatic rings. The van der Waals surface area contributed by atoms with Crippen molar-refractivity contribution in [2.75, 3.05) is 0 Å². The summed E-state index contributed by atoms with van der Waals surface area (Å²) >= 11 is 0.